The van der Waals surface area contributed by atoms with Gasteiger partial charge in [-0.15, -0.1) is 0 Å². The van der Waals surface area contributed by atoms with Gasteiger partial charge in [0.05, 0.1) is 6.54 Å². The Balaban J connectivity index is 1.85. The molecule has 1 heterocycles. The van der Waals surface area contributed by atoms with Crippen LogP contribution in [0.5, 0.6) is 0 Å². The van der Waals surface area contributed by atoms with Gasteiger partial charge in [0.2, 0.25) is 0 Å². The minimum Gasteiger partial charge on any atom is -0.334 e. The molecule has 16 heavy (non-hydrogen) atoms. The monoisotopic (exact) mass is 215 g/mol. The summed E-state index contributed by atoms with van der Waals surface area (Å²) >= 11 is 0. The van der Waals surface area contributed by atoms with E-state index in [9.17, 15) is 0 Å². The fraction of sp³-hybridized carbons (Fsp3) is 0.308. The summed E-state index contributed by atoms with van der Waals surface area (Å²) in [6.45, 7) is 4.80. The van der Waals surface area contributed by atoms with E-state index in [1.54, 1.807) is 0 Å². The third-order valence-electron chi connectivity index (χ3n) is 2.60. The average Bonchev–Trinajstić information content (AvgIpc) is 2.78. The normalized spacial score (nSPS) is 10.6. The molecule has 0 amide bonds. The summed E-state index contributed by atoms with van der Waals surface area (Å²) in [5.74, 6) is 1.10. The van der Waals surface area contributed by atoms with Crippen molar-refractivity contribution in [3.8, 4) is 0 Å². The summed E-state index contributed by atoms with van der Waals surface area (Å²) in [7, 11) is 0. The third-order valence-corrected chi connectivity index (χ3v) is 2.60. The molecule has 3 heteroatoms. The van der Waals surface area contributed by atoms with Crippen LogP contribution < -0.4 is 5.32 Å². The summed E-state index contributed by atoms with van der Waals surface area (Å²) in [5, 5.41) is 3.40. The summed E-state index contributed by atoms with van der Waals surface area (Å²) in [5.41, 5.74) is 1.30. The number of rotatable bonds is 5. The fourth-order valence-electron chi connectivity index (χ4n) is 1.71. The number of hydrogen-bond acceptors (Lipinski definition) is 2. The van der Waals surface area contributed by atoms with Gasteiger partial charge in [0.25, 0.3) is 0 Å². The molecule has 0 atom stereocenters. The van der Waals surface area contributed by atoms with E-state index in [1.807, 2.05) is 18.5 Å². The van der Waals surface area contributed by atoms with Gasteiger partial charge >= 0.3 is 0 Å². The van der Waals surface area contributed by atoms with E-state index < -0.39 is 0 Å². The molecule has 0 saturated carbocycles. The van der Waals surface area contributed by atoms with Gasteiger partial charge in [0.1, 0.15) is 5.82 Å². The van der Waals surface area contributed by atoms with Crippen molar-refractivity contribution in [1.82, 2.24) is 14.9 Å². The highest BCUT2D eigenvalue weighted by atomic mass is 15.1. The lowest BCUT2D eigenvalue weighted by atomic mass is 10.2. The van der Waals surface area contributed by atoms with Gasteiger partial charge in [0.15, 0.2) is 0 Å². The van der Waals surface area contributed by atoms with E-state index in [4.69, 9.17) is 0 Å². The standard InChI is InChI=1S/C13H17N3/c1-2-16-9-8-15-13(16)11-14-10-12-6-4-3-5-7-12/h3-9,14H,2,10-11H2,1H3. The maximum Gasteiger partial charge on any atom is 0.122 e. The van der Waals surface area contributed by atoms with Crippen LogP contribution in [0.3, 0.4) is 0 Å². The van der Waals surface area contributed by atoms with Crippen molar-refractivity contribution in [3.63, 3.8) is 0 Å². The molecule has 2 aromatic rings. The second kappa shape index (κ2) is 5.47. The zero-order valence-electron chi connectivity index (χ0n) is 9.56. The summed E-state index contributed by atoms with van der Waals surface area (Å²) in [6, 6.07) is 10.4. The molecule has 1 N–H and O–H groups in total. The van der Waals surface area contributed by atoms with Gasteiger partial charge in [-0.3, -0.25) is 0 Å². The van der Waals surface area contributed by atoms with Crippen LogP contribution in [0, 0.1) is 0 Å². The van der Waals surface area contributed by atoms with E-state index >= 15 is 0 Å². The minimum atomic E-state index is 0.815. The topological polar surface area (TPSA) is 29.9 Å². The van der Waals surface area contributed by atoms with Crippen LogP contribution >= 0.6 is 0 Å². The maximum absolute atomic E-state index is 4.32. The smallest absolute Gasteiger partial charge is 0.122 e. The van der Waals surface area contributed by atoms with Crippen LogP contribution in [0.15, 0.2) is 42.7 Å². The van der Waals surface area contributed by atoms with Crippen molar-refractivity contribution in [2.45, 2.75) is 26.6 Å². The van der Waals surface area contributed by atoms with E-state index in [-0.39, 0.29) is 0 Å². The predicted octanol–water partition coefficient (Wildman–Crippen LogP) is 2.19. The van der Waals surface area contributed by atoms with E-state index in [1.165, 1.54) is 5.56 Å². The lowest BCUT2D eigenvalue weighted by molar-refractivity contribution is 0.613. The average molecular weight is 215 g/mol. The molecule has 0 radical (unpaired) electrons. The highest BCUT2D eigenvalue weighted by Crippen LogP contribution is 2.00. The van der Waals surface area contributed by atoms with Crippen LogP contribution in [-0.4, -0.2) is 9.55 Å². The molecule has 0 aliphatic rings. The van der Waals surface area contributed by atoms with Crippen LogP contribution in [0.25, 0.3) is 0 Å². The number of aromatic nitrogens is 2. The Kier molecular flexibility index (Phi) is 3.72. The predicted molar refractivity (Wildman–Crippen MR) is 64.9 cm³/mol. The second-order valence-corrected chi connectivity index (χ2v) is 3.72. The Bertz CT molecular complexity index is 420. The quantitative estimate of drug-likeness (QED) is 0.828. The Labute approximate surface area is 96.1 Å². The number of hydrogen-bond donors (Lipinski definition) is 1. The summed E-state index contributed by atoms with van der Waals surface area (Å²) in [4.78, 5) is 4.32. The highest BCUT2D eigenvalue weighted by molar-refractivity contribution is 5.14. The Morgan fingerprint density at radius 2 is 2.00 bits per heavy atom. The number of benzene rings is 1. The Morgan fingerprint density at radius 3 is 2.75 bits per heavy atom. The number of imidazole rings is 1. The zero-order valence-corrected chi connectivity index (χ0v) is 9.56. The first kappa shape index (κ1) is 10.9. The molecule has 0 aliphatic heterocycles. The van der Waals surface area contributed by atoms with Crippen LogP contribution in [0.2, 0.25) is 0 Å². The molecule has 1 aromatic carbocycles. The molecule has 3 nitrogen and oxygen atoms in total. The number of nitrogens with zero attached hydrogens (tertiary/aromatic N) is 2. The maximum atomic E-state index is 4.32. The first-order chi connectivity index (χ1) is 7.90. The van der Waals surface area contributed by atoms with Gasteiger partial charge in [-0.2, -0.15) is 0 Å². The van der Waals surface area contributed by atoms with Gasteiger partial charge < -0.3 is 9.88 Å². The largest absolute Gasteiger partial charge is 0.334 e. The molecular weight excluding hydrogens is 198 g/mol. The van der Waals surface area contributed by atoms with Gasteiger partial charge in [-0.05, 0) is 12.5 Å². The molecule has 84 valence electrons. The summed E-state index contributed by atoms with van der Waals surface area (Å²) < 4.78 is 2.15. The van der Waals surface area contributed by atoms with Gasteiger partial charge in [0, 0.05) is 25.5 Å². The first-order valence-corrected chi connectivity index (χ1v) is 5.65. The molecule has 0 bridgehead atoms. The van der Waals surface area contributed by atoms with E-state index in [0.29, 0.717) is 0 Å². The van der Waals surface area contributed by atoms with Crippen molar-refractivity contribution >= 4 is 0 Å². The van der Waals surface area contributed by atoms with Crippen molar-refractivity contribution in [1.29, 1.82) is 0 Å². The molecule has 1 aromatic heterocycles. The highest BCUT2D eigenvalue weighted by Gasteiger charge is 1.99. The SMILES string of the molecule is CCn1ccnc1CNCc1ccccc1. The van der Waals surface area contributed by atoms with Crippen LogP contribution in [-0.2, 0) is 19.6 Å². The number of aryl methyl sites for hydroxylation is 1. The second-order valence-electron chi connectivity index (χ2n) is 3.72. The van der Waals surface area contributed by atoms with E-state index in [2.05, 4.69) is 46.1 Å². The third kappa shape index (κ3) is 2.70. The first-order valence-electron chi connectivity index (χ1n) is 5.65. The van der Waals surface area contributed by atoms with Crippen molar-refractivity contribution in [3.05, 3.63) is 54.1 Å². The molecule has 0 saturated heterocycles. The van der Waals surface area contributed by atoms with E-state index in [0.717, 1.165) is 25.5 Å². The molecule has 0 fully saturated rings. The minimum absolute atomic E-state index is 0.815. The molecule has 0 spiro atoms. The lowest BCUT2D eigenvalue weighted by Gasteiger charge is -2.06. The summed E-state index contributed by atoms with van der Waals surface area (Å²) in [6.07, 6.45) is 3.86. The molecule has 0 unspecified atom stereocenters. The Hall–Kier alpha value is -1.61. The molecular formula is C13H17N3. The molecule has 2 rings (SSSR count). The van der Waals surface area contributed by atoms with Crippen molar-refractivity contribution < 1.29 is 0 Å². The zero-order chi connectivity index (χ0) is 11.2. The lowest BCUT2D eigenvalue weighted by Crippen LogP contribution is -2.16. The fourth-order valence-corrected chi connectivity index (χ4v) is 1.71. The van der Waals surface area contributed by atoms with Crippen LogP contribution in [0.4, 0.5) is 0 Å². The van der Waals surface area contributed by atoms with Crippen LogP contribution in [0.1, 0.15) is 18.3 Å². The number of nitrogens with one attached hydrogen (secondary N) is 1. The van der Waals surface area contributed by atoms with Gasteiger partial charge in [-0.1, -0.05) is 30.3 Å². The molecule has 0 aliphatic carbocycles. The van der Waals surface area contributed by atoms with Crippen molar-refractivity contribution in [2.75, 3.05) is 0 Å². The van der Waals surface area contributed by atoms with Gasteiger partial charge in [-0.25, -0.2) is 4.98 Å². The Morgan fingerprint density at radius 1 is 1.19 bits per heavy atom. The van der Waals surface area contributed by atoms with Crippen molar-refractivity contribution in [2.24, 2.45) is 0 Å².